The molecule has 0 bridgehead atoms. The molecule has 2 nitrogen and oxygen atoms in total. The molecule has 88 valence electrons. The molecule has 1 saturated heterocycles. The highest BCUT2D eigenvalue weighted by Crippen LogP contribution is 2.57. The minimum atomic E-state index is -4.08. The van der Waals surface area contributed by atoms with Gasteiger partial charge in [0.1, 0.15) is 0 Å². The van der Waals surface area contributed by atoms with Crippen LogP contribution in [-0.2, 0) is 4.74 Å². The molecule has 0 aromatic rings. The van der Waals surface area contributed by atoms with Gasteiger partial charge in [0.05, 0.1) is 18.1 Å². The second-order valence-corrected chi connectivity index (χ2v) is 4.54. The highest BCUT2D eigenvalue weighted by molar-refractivity contribution is 4.99. The average Bonchev–Trinajstić information content (AvgIpc) is 2.96. The van der Waals surface area contributed by atoms with Crippen molar-refractivity contribution in [2.75, 3.05) is 19.7 Å². The summed E-state index contributed by atoms with van der Waals surface area (Å²) in [6.45, 7) is 1.56. The summed E-state index contributed by atoms with van der Waals surface area (Å²) in [5.74, 6) is 0. The van der Waals surface area contributed by atoms with Gasteiger partial charge in [-0.05, 0) is 38.8 Å². The van der Waals surface area contributed by atoms with Gasteiger partial charge in [0.2, 0.25) is 0 Å². The first kappa shape index (κ1) is 11.2. The largest absolute Gasteiger partial charge is 0.396 e. The van der Waals surface area contributed by atoms with Gasteiger partial charge in [0.25, 0.3) is 0 Å². The lowest BCUT2D eigenvalue weighted by atomic mass is 10.1. The zero-order valence-electron chi connectivity index (χ0n) is 8.57. The molecule has 0 aromatic heterocycles. The maximum atomic E-state index is 12.6. The molecule has 1 aliphatic heterocycles. The van der Waals surface area contributed by atoms with Crippen LogP contribution in [0.3, 0.4) is 0 Å². The van der Waals surface area contributed by atoms with Crippen molar-refractivity contribution in [1.29, 1.82) is 0 Å². The lowest BCUT2D eigenvalue weighted by Crippen LogP contribution is -2.36. The Bertz CT molecular complexity index is 219. The van der Waals surface area contributed by atoms with E-state index in [9.17, 15) is 13.2 Å². The molecule has 2 aliphatic rings. The molecule has 2 rings (SSSR count). The van der Waals surface area contributed by atoms with E-state index in [0.717, 1.165) is 25.9 Å². The molecule has 0 atom stereocenters. The van der Waals surface area contributed by atoms with Crippen molar-refractivity contribution in [3.8, 4) is 0 Å². The summed E-state index contributed by atoms with van der Waals surface area (Å²) >= 11 is 0. The van der Waals surface area contributed by atoms with Crippen LogP contribution in [0.15, 0.2) is 0 Å². The van der Waals surface area contributed by atoms with E-state index in [4.69, 9.17) is 4.74 Å². The number of piperidine rings is 1. The van der Waals surface area contributed by atoms with Gasteiger partial charge in [-0.3, -0.25) is 0 Å². The zero-order valence-corrected chi connectivity index (χ0v) is 8.57. The van der Waals surface area contributed by atoms with Crippen LogP contribution < -0.4 is 5.32 Å². The zero-order chi connectivity index (χ0) is 10.9. The second-order valence-electron chi connectivity index (χ2n) is 4.54. The van der Waals surface area contributed by atoms with Crippen LogP contribution in [0.4, 0.5) is 13.2 Å². The van der Waals surface area contributed by atoms with Crippen molar-refractivity contribution in [2.24, 2.45) is 5.41 Å². The summed E-state index contributed by atoms with van der Waals surface area (Å²) in [5, 5.41) is 3.16. The third-order valence-corrected chi connectivity index (χ3v) is 3.34. The van der Waals surface area contributed by atoms with Crippen molar-refractivity contribution in [1.82, 2.24) is 5.32 Å². The van der Waals surface area contributed by atoms with E-state index in [1.54, 1.807) is 0 Å². The fourth-order valence-corrected chi connectivity index (χ4v) is 1.90. The van der Waals surface area contributed by atoms with Gasteiger partial charge in [-0.15, -0.1) is 0 Å². The predicted molar refractivity (Wildman–Crippen MR) is 49.6 cm³/mol. The van der Waals surface area contributed by atoms with Crippen LogP contribution in [-0.4, -0.2) is 32.0 Å². The highest BCUT2D eigenvalue weighted by Gasteiger charge is 2.63. The van der Waals surface area contributed by atoms with Gasteiger partial charge in [0.15, 0.2) is 0 Å². The van der Waals surface area contributed by atoms with Gasteiger partial charge in [-0.25, -0.2) is 0 Å². The van der Waals surface area contributed by atoms with Gasteiger partial charge >= 0.3 is 6.18 Å². The van der Waals surface area contributed by atoms with Crippen LogP contribution in [0.2, 0.25) is 0 Å². The number of alkyl halides is 3. The highest BCUT2D eigenvalue weighted by atomic mass is 19.4. The fourth-order valence-electron chi connectivity index (χ4n) is 1.90. The molecular weight excluding hydrogens is 207 g/mol. The lowest BCUT2D eigenvalue weighted by molar-refractivity contribution is -0.206. The first-order valence-corrected chi connectivity index (χ1v) is 5.43. The molecule has 1 saturated carbocycles. The Morgan fingerprint density at radius 1 is 1.20 bits per heavy atom. The summed E-state index contributed by atoms with van der Waals surface area (Å²) in [4.78, 5) is 0. The van der Waals surface area contributed by atoms with E-state index >= 15 is 0 Å². The summed E-state index contributed by atoms with van der Waals surface area (Å²) in [5.41, 5.74) is -1.50. The van der Waals surface area contributed by atoms with E-state index in [1.807, 2.05) is 0 Å². The summed E-state index contributed by atoms with van der Waals surface area (Å²) in [6, 6.07) is 0. The third-order valence-electron chi connectivity index (χ3n) is 3.34. The Morgan fingerprint density at radius 2 is 1.80 bits per heavy atom. The molecule has 1 N–H and O–H groups in total. The molecule has 1 heterocycles. The molecule has 2 fully saturated rings. The fraction of sp³-hybridized carbons (Fsp3) is 1.00. The number of hydrogen-bond donors (Lipinski definition) is 1. The lowest BCUT2D eigenvalue weighted by Gasteiger charge is -2.26. The first-order chi connectivity index (χ1) is 7.04. The molecule has 15 heavy (non-hydrogen) atoms. The molecule has 5 heteroatoms. The molecule has 0 unspecified atom stereocenters. The normalized spacial score (nSPS) is 26.6. The maximum Gasteiger partial charge on any atom is 0.396 e. The maximum absolute atomic E-state index is 12.6. The summed E-state index contributed by atoms with van der Waals surface area (Å²) in [7, 11) is 0. The van der Waals surface area contributed by atoms with Crippen molar-refractivity contribution >= 4 is 0 Å². The van der Waals surface area contributed by atoms with Crippen LogP contribution in [0.5, 0.6) is 0 Å². The minimum Gasteiger partial charge on any atom is -0.377 e. The van der Waals surface area contributed by atoms with Crippen molar-refractivity contribution in [3.05, 3.63) is 0 Å². The minimum absolute atomic E-state index is 0.0195. The number of hydrogen-bond acceptors (Lipinski definition) is 2. The third kappa shape index (κ3) is 2.45. The smallest absolute Gasteiger partial charge is 0.377 e. The Balaban J connectivity index is 1.77. The van der Waals surface area contributed by atoms with Gasteiger partial charge < -0.3 is 10.1 Å². The Labute approximate surface area is 87.2 Å². The number of nitrogens with one attached hydrogen (secondary N) is 1. The summed E-state index contributed by atoms with van der Waals surface area (Å²) in [6.07, 6.45) is -1.93. The van der Waals surface area contributed by atoms with Gasteiger partial charge in [0, 0.05) is 0 Å². The molecule has 1 aliphatic carbocycles. The van der Waals surface area contributed by atoms with E-state index in [0.29, 0.717) is 0 Å². The molecule has 0 aromatic carbocycles. The average molecular weight is 223 g/mol. The Hall–Kier alpha value is -0.290. The van der Waals surface area contributed by atoms with Crippen LogP contribution in [0.25, 0.3) is 0 Å². The van der Waals surface area contributed by atoms with Crippen LogP contribution in [0, 0.1) is 5.41 Å². The monoisotopic (exact) mass is 223 g/mol. The van der Waals surface area contributed by atoms with E-state index in [2.05, 4.69) is 5.32 Å². The van der Waals surface area contributed by atoms with Crippen molar-refractivity contribution in [2.45, 2.75) is 38.0 Å². The topological polar surface area (TPSA) is 21.3 Å². The number of halogens is 3. The van der Waals surface area contributed by atoms with E-state index in [1.165, 1.54) is 0 Å². The standard InChI is InChI=1S/C10H16F3NO/c11-10(12,13)9(3-4-9)7-15-8-1-5-14-6-2-8/h8,14H,1-7H2. The van der Waals surface area contributed by atoms with Crippen LogP contribution in [0.1, 0.15) is 25.7 Å². The molecule has 0 amide bonds. The molecule has 0 radical (unpaired) electrons. The summed E-state index contributed by atoms with van der Waals surface area (Å²) < 4.78 is 43.1. The number of rotatable bonds is 3. The Kier molecular flexibility index (Phi) is 2.94. The van der Waals surface area contributed by atoms with Crippen LogP contribution >= 0.6 is 0 Å². The van der Waals surface area contributed by atoms with E-state index in [-0.39, 0.29) is 25.6 Å². The van der Waals surface area contributed by atoms with Gasteiger partial charge in [-0.1, -0.05) is 0 Å². The molecular formula is C10H16F3NO. The quantitative estimate of drug-likeness (QED) is 0.791. The van der Waals surface area contributed by atoms with Gasteiger partial charge in [-0.2, -0.15) is 13.2 Å². The SMILES string of the molecule is FC(F)(F)C1(COC2CCNCC2)CC1. The predicted octanol–water partition coefficient (Wildman–Crippen LogP) is 2.10. The van der Waals surface area contributed by atoms with Crippen molar-refractivity contribution < 1.29 is 17.9 Å². The second kappa shape index (κ2) is 3.94. The number of ether oxygens (including phenoxy) is 1. The molecule has 0 spiro atoms. The van der Waals surface area contributed by atoms with E-state index < -0.39 is 11.6 Å². The first-order valence-electron chi connectivity index (χ1n) is 5.43. The van der Waals surface area contributed by atoms with Crippen molar-refractivity contribution in [3.63, 3.8) is 0 Å². The Morgan fingerprint density at radius 3 is 2.27 bits per heavy atom.